The molecule has 0 radical (unpaired) electrons. The molecule has 0 spiro atoms. The molecule has 3 aliphatic heterocycles. The number of alkyl halides is 3. The van der Waals surface area contributed by atoms with Crippen LogP contribution in [0.1, 0.15) is 18.4 Å². The van der Waals surface area contributed by atoms with E-state index in [1.807, 2.05) is 0 Å². The van der Waals surface area contributed by atoms with Crippen molar-refractivity contribution in [3.8, 4) is 0 Å². The van der Waals surface area contributed by atoms with Gasteiger partial charge in [0.2, 0.25) is 15.9 Å². The predicted molar refractivity (Wildman–Crippen MR) is 79.5 cm³/mol. The minimum Gasteiger partial charge on any atom is -0.341 e. The Morgan fingerprint density at radius 1 is 1.08 bits per heavy atom. The molecular weight excluding hydrogens is 345 g/mol. The van der Waals surface area contributed by atoms with Gasteiger partial charge in [-0.05, 0) is 37.1 Å². The van der Waals surface area contributed by atoms with Crippen LogP contribution in [0.15, 0.2) is 29.2 Å². The number of carbonyl (C=O) groups is 1. The predicted octanol–water partition coefficient (Wildman–Crippen LogP) is 1.95. The molecule has 0 saturated carbocycles. The van der Waals surface area contributed by atoms with E-state index >= 15 is 0 Å². The summed E-state index contributed by atoms with van der Waals surface area (Å²) in [6.45, 7) is 0.241. The molecule has 1 amide bonds. The number of carbonyl (C=O) groups excluding carboxylic acids is 1. The van der Waals surface area contributed by atoms with Crippen molar-refractivity contribution in [3.63, 3.8) is 0 Å². The first-order valence-corrected chi connectivity index (χ1v) is 8.99. The van der Waals surface area contributed by atoms with Gasteiger partial charge in [-0.2, -0.15) is 17.5 Å². The molecule has 4 rings (SSSR count). The molecule has 24 heavy (non-hydrogen) atoms. The van der Waals surface area contributed by atoms with Gasteiger partial charge in [-0.25, -0.2) is 8.42 Å². The van der Waals surface area contributed by atoms with Crippen LogP contribution in [0.5, 0.6) is 0 Å². The Balaban J connectivity index is 1.89. The average molecular weight is 362 g/mol. The van der Waals surface area contributed by atoms with E-state index in [1.165, 1.54) is 4.31 Å². The van der Waals surface area contributed by atoms with Gasteiger partial charge < -0.3 is 4.90 Å². The van der Waals surface area contributed by atoms with Crippen molar-refractivity contribution in [2.45, 2.75) is 30.0 Å². The molecule has 3 saturated heterocycles. The lowest BCUT2D eigenvalue weighted by Crippen LogP contribution is -2.45. The Morgan fingerprint density at radius 2 is 1.71 bits per heavy atom. The smallest absolute Gasteiger partial charge is 0.341 e. The standard InChI is InChI=1S/C15H17F3N2O3S/c1-19-12-5-2-10(14(19)21)8-20(9-12)24(22,23)13-6-3-11(4-7-13)15(16,17)18/h3-4,6-7,10,12H,2,5,8-9H2,1H3/t10-,12+/m1/s1. The second kappa shape index (κ2) is 5.73. The minimum absolute atomic E-state index is 0.0724. The van der Waals surface area contributed by atoms with Gasteiger partial charge in [0.15, 0.2) is 0 Å². The number of halogens is 3. The Morgan fingerprint density at radius 3 is 2.29 bits per heavy atom. The molecular formula is C15H17F3N2O3S. The van der Waals surface area contributed by atoms with Crippen LogP contribution in [0.25, 0.3) is 0 Å². The first kappa shape index (κ1) is 17.2. The lowest BCUT2D eigenvalue weighted by atomic mass is 9.95. The number of benzene rings is 1. The maximum Gasteiger partial charge on any atom is 0.416 e. The zero-order chi connectivity index (χ0) is 17.7. The van der Waals surface area contributed by atoms with Gasteiger partial charge >= 0.3 is 6.18 Å². The molecule has 9 heteroatoms. The first-order valence-electron chi connectivity index (χ1n) is 7.55. The number of sulfonamides is 1. The Kier molecular flexibility index (Phi) is 4.11. The Labute approximate surface area is 138 Å². The Bertz CT molecular complexity index is 746. The fourth-order valence-electron chi connectivity index (χ4n) is 3.28. The highest BCUT2D eigenvalue weighted by Gasteiger charge is 2.42. The summed E-state index contributed by atoms with van der Waals surface area (Å²) < 4.78 is 64.6. The van der Waals surface area contributed by atoms with Crippen LogP contribution in [0, 0.1) is 5.92 Å². The van der Waals surface area contributed by atoms with E-state index in [1.54, 1.807) is 11.9 Å². The van der Waals surface area contributed by atoms with Gasteiger partial charge in [0, 0.05) is 26.2 Å². The van der Waals surface area contributed by atoms with E-state index in [9.17, 15) is 26.4 Å². The molecule has 1 aromatic carbocycles. The third kappa shape index (κ3) is 2.90. The molecule has 2 bridgehead atoms. The molecule has 0 aromatic heterocycles. The molecule has 0 unspecified atom stereocenters. The van der Waals surface area contributed by atoms with Gasteiger partial charge in [-0.3, -0.25) is 4.79 Å². The fourth-order valence-corrected chi connectivity index (χ4v) is 4.80. The van der Waals surface area contributed by atoms with Crippen molar-refractivity contribution in [1.82, 2.24) is 9.21 Å². The highest BCUT2D eigenvalue weighted by molar-refractivity contribution is 7.89. The van der Waals surface area contributed by atoms with Gasteiger partial charge in [0.25, 0.3) is 0 Å². The summed E-state index contributed by atoms with van der Waals surface area (Å²) in [5.41, 5.74) is -0.896. The molecule has 1 aromatic rings. The summed E-state index contributed by atoms with van der Waals surface area (Å²) >= 11 is 0. The van der Waals surface area contributed by atoms with E-state index < -0.39 is 27.7 Å². The van der Waals surface area contributed by atoms with Crippen molar-refractivity contribution in [1.29, 1.82) is 0 Å². The number of rotatable bonds is 2. The second-order valence-electron chi connectivity index (χ2n) is 6.22. The second-order valence-corrected chi connectivity index (χ2v) is 8.16. The lowest BCUT2D eigenvalue weighted by Gasteiger charge is -2.32. The topological polar surface area (TPSA) is 57.7 Å². The third-order valence-corrected chi connectivity index (χ3v) is 6.60. The van der Waals surface area contributed by atoms with Crippen molar-refractivity contribution in [2.75, 3.05) is 20.1 Å². The van der Waals surface area contributed by atoms with E-state index in [0.29, 0.717) is 6.42 Å². The summed E-state index contributed by atoms with van der Waals surface area (Å²) in [6.07, 6.45) is -3.15. The summed E-state index contributed by atoms with van der Waals surface area (Å²) in [5, 5.41) is 0. The molecule has 3 aliphatic rings. The quantitative estimate of drug-likeness (QED) is 0.808. The maximum atomic E-state index is 12.7. The molecule has 2 atom stereocenters. The number of hydrogen-bond acceptors (Lipinski definition) is 3. The maximum absolute atomic E-state index is 12.7. The van der Waals surface area contributed by atoms with Gasteiger partial charge in [-0.15, -0.1) is 0 Å². The number of fused-ring (bicyclic) bond motifs is 4. The number of amides is 1. The summed E-state index contributed by atoms with van der Waals surface area (Å²) in [4.78, 5) is 13.5. The highest BCUT2D eigenvalue weighted by Crippen LogP contribution is 2.33. The fraction of sp³-hybridized carbons (Fsp3) is 0.533. The average Bonchev–Trinajstić information content (AvgIpc) is 2.81. The zero-order valence-electron chi connectivity index (χ0n) is 13.0. The molecule has 3 fully saturated rings. The number of piperidine rings is 1. The summed E-state index contributed by atoms with van der Waals surface area (Å²) in [7, 11) is -2.27. The largest absolute Gasteiger partial charge is 0.416 e. The zero-order valence-corrected chi connectivity index (χ0v) is 13.8. The van der Waals surface area contributed by atoms with Crippen LogP contribution in [0.4, 0.5) is 13.2 Å². The van der Waals surface area contributed by atoms with Crippen molar-refractivity contribution in [3.05, 3.63) is 29.8 Å². The summed E-state index contributed by atoms with van der Waals surface area (Å²) in [5.74, 6) is -0.464. The van der Waals surface area contributed by atoms with Crippen LogP contribution < -0.4 is 0 Å². The van der Waals surface area contributed by atoms with Gasteiger partial charge in [0.1, 0.15) is 0 Å². The van der Waals surface area contributed by atoms with E-state index in [0.717, 1.165) is 30.7 Å². The molecule has 5 nitrogen and oxygen atoms in total. The van der Waals surface area contributed by atoms with Crippen LogP contribution in [-0.2, 0) is 21.0 Å². The SMILES string of the molecule is CN1C(=O)[C@@H]2CC[C@H]1CN(S(=O)(=O)c1ccc(C(F)(F)F)cc1)C2. The molecule has 0 N–H and O–H groups in total. The minimum atomic E-state index is -4.51. The van der Waals surface area contributed by atoms with Crippen LogP contribution in [0.2, 0.25) is 0 Å². The number of likely N-dealkylation sites (N-methyl/N-ethyl adjacent to an activating group) is 1. The van der Waals surface area contributed by atoms with Crippen LogP contribution >= 0.6 is 0 Å². The third-order valence-electron chi connectivity index (χ3n) is 4.75. The van der Waals surface area contributed by atoms with Crippen LogP contribution in [-0.4, -0.2) is 49.7 Å². The van der Waals surface area contributed by atoms with E-state index in [2.05, 4.69) is 0 Å². The Hall–Kier alpha value is -1.61. The number of nitrogens with zero attached hydrogens (tertiary/aromatic N) is 2. The van der Waals surface area contributed by atoms with Crippen molar-refractivity contribution < 1.29 is 26.4 Å². The molecule has 132 valence electrons. The lowest BCUT2D eigenvalue weighted by molar-refractivity contribution is -0.138. The van der Waals surface area contributed by atoms with Gasteiger partial charge in [0.05, 0.1) is 16.4 Å². The molecule has 3 heterocycles. The van der Waals surface area contributed by atoms with E-state index in [4.69, 9.17) is 0 Å². The van der Waals surface area contributed by atoms with Crippen molar-refractivity contribution in [2.24, 2.45) is 5.92 Å². The normalized spacial score (nSPS) is 25.8. The molecule has 0 aliphatic carbocycles. The van der Waals surface area contributed by atoms with E-state index in [-0.39, 0.29) is 29.9 Å². The number of hydrogen-bond donors (Lipinski definition) is 0. The summed E-state index contributed by atoms with van der Waals surface area (Å²) in [6, 6.07) is 3.26. The highest BCUT2D eigenvalue weighted by atomic mass is 32.2. The van der Waals surface area contributed by atoms with Crippen LogP contribution in [0.3, 0.4) is 0 Å². The first-order chi connectivity index (χ1) is 11.1. The van der Waals surface area contributed by atoms with Crippen molar-refractivity contribution >= 4 is 15.9 Å². The van der Waals surface area contributed by atoms with Gasteiger partial charge in [-0.1, -0.05) is 0 Å². The monoisotopic (exact) mass is 362 g/mol.